The first-order valence-electron chi connectivity index (χ1n) is 5.44. The molecule has 0 aliphatic carbocycles. The molecule has 0 amide bonds. The van der Waals surface area contributed by atoms with Gasteiger partial charge in [-0.3, -0.25) is 14.8 Å². The van der Waals surface area contributed by atoms with Gasteiger partial charge in [-0.1, -0.05) is 0 Å². The van der Waals surface area contributed by atoms with Crippen molar-refractivity contribution in [2.45, 2.75) is 6.54 Å². The van der Waals surface area contributed by atoms with E-state index in [9.17, 15) is 10.1 Å². The number of pyridine rings is 1. The van der Waals surface area contributed by atoms with Gasteiger partial charge in [0.15, 0.2) is 0 Å². The zero-order valence-corrected chi connectivity index (χ0v) is 10.2. The number of nitrogens with zero attached hydrogens (tertiary/aromatic N) is 4. The molecule has 19 heavy (non-hydrogen) atoms. The van der Waals surface area contributed by atoms with Crippen molar-refractivity contribution in [3.8, 4) is 0 Å². The summed E-state index contributed by atoms with van der Waals surface area (Å²) in [5, 5.41) is 17.8. The van der Waals surface area contributed by atoms with E-state index in [1.165, 1.54) is 12.1 Å². The van der Waals surface area contributed by atoms with Crippen LogP contribution in [0.2, 0.25) is 0 Å². The second-order valence-corrected chi connectivity index (χ2v) is 3.80. The van der Waals surface area contributed by atoms with Crippen molar-refractivity contribution in [3.05, 3.63) is 40.2 Å². The lowest BCUT2D eigenvalue weighted by Gasteiger charge is -2.07. The van der Waals surface area contributed by atoms with Crippen molar-refractivity contribution < 1.29 is 4.92 Å². The summed E-state index contributed by atoms with van der Waals surface area (Å²) >= 11 is 0. The molecule has 9 heteroatoms. The second kappa shape index (κ2) is 5.31. The molecule has 0 bridgehead atoms. The first-order valence-corrected chi connectivity index (χ1v) is 5.44. The van der Waals surface area contributed by atoms with Gasteiger partial charge in [0, 0.05) is 13.2 Å². The van der Waals surface area contributed by atoms with E-state index in [1.807, 2.05) is 13.1 Å². The largest absolute Gasteiger partial charge is 0.364 e. The molecule has 0 spiro atoms. The maximum absolute atomic E-state index is 10.8. The van der Waals surface area contributed by atoms with Gasteiger partial charge in [0.2, 0.25) is 0 Å². The van der Waals surface area contributed by atoms with Crippen molar-refractivity contribution in [3.63, 3.8) is 0 Å². The molecule has 0 aliphatic rings. The number of hydrazine groups is 1. The molecular weight excluding hydrogens is 250 g/mol. The lowest BCUT2D eigenvalue weighted by molar-refractivity contribution is -0.384. The van der Waals surface area contributed by atoms with E-state index in [2.05, 4.69) is 20.8 Å². The fraction of sp³-hybridized carbons (Fsp3) is 0.200. The number of nitro groups is 1. The van der Waals surface area contributed by atoms with Crippen LogP contribution in [0.25, 0.3) is 0 Å². The lowest BCUT2D eigenvalue weighted by Crippen LogP contribution is -2.11. The Labute approximate surface area is 108 Å². The molecule has 2 heterocycles. The number of nitrogens with one attached hydrogen (secondary N) is 2. The molecule has 0 saturated carbocycles. The molecule has 0 aliphatic heterocycles. The molecule has 100 valence electrons. The zero-order chi connectivity index (χ0) is 13.8. The Kier molecular flexibility index (Phi) is 3.57. The minimum absolute atomic E-state index is 0.0875. The number of nitrogens with two attached hydrogens (primary N) is 1. The van der Waals surface area contributed by atoms with Crippen molar-refractivity contribution in [2.24, 2.45) is 12.9 Å². The Hall–Kier alpha value is -2.68. The van der Waals surface area contributed by atoms with Gasteiger partial charge in [0.25, 0.3) is 5.69 Å². The van der Waals surface area contributed by atoms with Crippen LogP contribution >= 0.6 is 0 Å². The van der Waals surface area contributed by atoms with Crippen LogP contribution in [0, 0.1) is 10.1 Å². The topological polar surface area (TPSA) is 124 Å². The van der Waals surface area contributed by atoms with Crippen LogP contribution in [0.4, 0.5) is 17.3 Å². The Morgan fingerprint density at radius 2 is 2.21 bits per heavy atom. The van der Waals surface area contributed by atoms with Crippen molar-refractivity contribution in [1.29, 1.82) is 0 Å². The Morgan fingerprint density at radius 3 is 2.79 bits per heavy atom. The van der Waals surface area contributed by atoms with Gasteiger partial charge in [0.1, 0.15) is 11.6 Å². The molecule has 0 saturated heterocycles. The summed E-state index contributed by atoms with van der Waals surface area (Å²) < 4.78 is 1.70. The van der Waals surface area contributed by atoms with E-state index in [4.69, 9.17) is 5.84 Å². The Morgan fingerprint density at radius 1 is 1.47 bits per heavy atom. The average Bonchev–Trinajstić information content (AvgIpc) is 2.81. The summed E-state index contributed by atoms with van der Waals surface area (Å²) in [4.78, 5) is 14.4. The van der Waals surface area contributed by atoms with Gasteiger partial charge in [0.05, 0.1) is 29.3 Å². The summed E-state index contributed by atoms with van der Waals surface area (Å²) in [7, 11) is 1.81. The number of hydrogen-bond donors (Lipinski definition) is 3. The van der Waals surface area contributed by atoms with Crippen LogP contribution in [0.5, 0.6) is 0 Å². The molecule has 9 nitrogen and oxygen atoms in total. The number of anilines is 2. The second-order valence-electron chi connectivity index (χ2n) is 3.80. The molecule has 0 unspecified atom stereocenters. The average molecular weight is 263 g/mol. The smallest absolute Gasteiger partial charge is 0.276 e. The maximum atomic E-state index is 10.8. The predicted octanol–water partition coefficient (Wildman–Crippen LogP) is 0.621. The fourth-order valence-electron chi connectivity index (χ4n) is 1.54. The molecule has 0 aromatic carbocycles. The van der Waals surface area contributed by atoms with Crippen molar-refractivity contribution in [2.75, 3.05) is 10.7 Å². The third-order valence-corrected chi connectivity index (χ3v) is 2.54. The monoisotopic (exact) mass is 263 g/mol. The van der Waals surface area contributed by atoms with E-state index in [1.54, 1.807) is 10.9 Å². The predicted molar refractivity (Wildman–Crippen MR) is 69.2 cm³/mol. The van der Waals surface area contributed by atoms with E-state index in [0.717, 1.165) is 5.69 Å². The third-order valence-electron chi connectivity index (χ3n) is 2.54. The van der Waals surface area contributed by atoms with Gasteiger partial charge >= 0.3 is 0 Å². The molecule has 0 atom stereocenters. The quantitative estimate of drug-likeness (QED) is 0.410. The number of nitrogen functional groups attached to an aromatic ring is 1. The van der Waals surface area contributed by atoms with Crippen LogP contribution in [0.3, 0.4) is 0 Å². The first-order chi connectivity index (χ1) is 9.10. The molecule has 2 aromatic rings. The van der Waals surface area contributed by atoms with Crippen LogP contribution in [0.15, 0.2) is 24.4 Å². The highest BCUT2D eigenvalue weighted by Crippen LogP contribution is 2.20. The van der Waals surface area contributed by atoms with Crippen molar-refractivity contribution in [1.82, 2.24) is 14.8 Å². The van der Waals surface area contributed by atoms with Crippen LogP contribution in [0.1, 0.15) is 5.69 Å². The summed E-state index contributed by atoms with van der Waals surface area (Å²) in [6.45, 7) is 0.453. The molecule has 0 fully saturated rings. The molecule has 4 N–H and O–H groups in total. The highest BCUT2D eigenvalue weighted by molar-refractivity contribution is 5.54. The van der Waals surface area contributed by atoms with Gasteiger partial charge in [-0.05, 0) is 6.07 Å². The maximum Gasteiger partial charge on any atom is 0.276 e. The number of hydrogen-bond acceptors (Lipinski definition) is 7. The van der Waals surface area contributed by atoms with Gasteiger partial charge in [-0.25, -0.2) is 10.8 Å². The summed E-state index contributed by atoms with van der Waals surface area (Å²) in [6.07, 6.45) is 1.67. The fourth-order valence-corrected chi connectivity index (χ4v) is 1.54. The van der Waals surface area contributed by atoms with Gasteiger partial charge in [-0.15, -0.1) is 0 Å². The Bertz CT molecular complexity index is 595. The zero-order valence-electron chi connectivity index (χ0n) is 10.2. The standard InChI is InChI=1S/C10H13N7O2/c1-16-7(2-3-13-16)6-12-9-4-8(17(18)19)5-10(14-9)15-11/h2-5H,6,11H2,1H3,(H2,12,14,15). The van der Waals surface area contributed by atoms with E-state index >= 15 is 0 Å². The van der Waals surface area contributed by atoms with E-state index in [-0.39, 0.29) is 11.5 Å². The Balaban J connectivity index is 2.17. The minimum Gasteiger partial charge on any atom is -0.364 e. The van der Waals surface area contributed by atoms with Gasteiger partial charge < -0.3 is 10.7 Å². The highest BCUT2D eigenvalue weighted by atomic mass is 16.6. The lowest BCUT2D eigenvalue weighted by atomic mass is 10.3. The molecule has 2 aromatic heterocycles. The van der Waals surface area contributed by atoms with Crippen LogP contribution in [-0.4, -0.2) is 19.7 Å². The number of rotatable bonds is 5. The molecule has 2 rings (SSSR count). The number of aromatic nitrogens is 3. The van der Waals surface area contributed by atoms with E-state index < -0.39 is 4.92 Å². The summed E-state index contributed by atoms with van der Waals surface area (Å²) in [5.41, 5.74) is 3.13. The normalized spacial score (nSPS) is 10.2. The van der Waals surface area contributed by atoms with Crippen molar-refractivity contribution >= 4 is 17.3 Å². The molecular formula is C10H13N7O2. The van der Waals surface area contributed by atoms with Crippen LogP contribution < -0.4 is 16.6 Å². The summed E-state index contributed by atoms with van der Waals surface area (Å²) in [6, 6.07) is 4.44. The number of aryl methyl sites for hydroxylation is 1. The van der Waals surface area contributed by atoms with Gasteiger partial charge in [-0.2, -0.15) is 5.10 Å². The SMILES string of the molecule is Cn1nccc1CNc1cc([N+](=O)[O-])cc(NN)n1. The molecule has 0 radical (unpaired) electrons. The first kappa shape index (κ1) is 12.8. The minimum atomic E-state index is -0.502. The highest BCUT2D eigenvalue weighted by Gasteiger charge is 2.11. The third kappa shape index (κ3) is 2.96. The van der Waals surface area contributed by atoms with E-state index in [0.29, 0.717) is 12.4 Å². The summed E-state index contributed by atoms with van der Waals surface area (Å²) in [5.74, 6) is 5.81. The van der Waals surface area contributed by atoms with Crippen LogP contribution in [-0.2, 0) is 13.6 Å².